The van der Waals surface area contributed by atoms with Crippen molar-refractivity contribution in [1.82, 2.24) is 0 Å². The normalized spacial score (nSPS) is 14.9. The van der Waals surface area contributed by atoms with Gasteiger partial charge in [0.2, 0.25) is 0 Å². The molecule has 0 amide bonds. The number of ether oxygens (including phenoxy) is 1. The Morgan fingerprint density at radius 3 is 3.00 bits per heavy atom. The number of halogens is 2. The van der Waals surface area contributed by atoms with Gasteiger partial charge in [-0.2, -0.15) is 0 Å². The van der Waals surface area contributed by atoms with Crippen molar-refractivity contribution in [3.8, 4) is 5.75 Å². The first kappa shape index (κ1) is 9.99. The van der Waals surface area contributed by atoms with E-state index in [9.17, 15) is 4.79 Å². The largest absolute Gasteiger partial charge is 0.492 e. The Labute approximate surface area is 95.3 Å². The molecule has 0 fully saturated rings. The standard InChI is InChI=1S/C10H8BrClO2/c11-5-6-3-10-7(4-8(6)12)9(13)1-2-14-10/h3-4H,1-2,5H2. The first-order valence-corrected chi connectivity index (χ1v) is 5.76. The average Bonchev–Trinajstić information content (AvgIpc) is 2.19. The molecule has 0 N–H and O–H groups in total. The molecule has 0 unspecified atom stereocenters. The van der Waals surface area contributed by atoms with E-state index in [1.54, 1.807) is 6.07 Å². The summed E-state index contributed by atoms with van der Waals surface area (Å²) < 4.78 is 5.39. The number of rotatable bonds is 1. The second-order valence-corrected chi connectivity index (χ2v) is 4.06. The van der Waals surface area contributed by atoms with Crippen LogP contribution in [0.1, 0.15) is 22.3 Å². The first-order chi connectivity index (χ1) is 6.72. The molecule has 0 aromatic heterocycles. The van der Waals surface area contributed by atoms with Gasteiger partial charge in [0.25, 0.3) is 0 Å². The molecule has 0 atom stereocenters. The number of alkyl halides is 1. The Morgan fingerprint density at radius 1 is 1.50 bits per heavy atom. The minimum atomic E-state index is 0.106. The van der Waals surface area contributed by atoms with Crippen LogP contribution >= 0.6 is 27.5 Å². The van der Waals surface area contributed by atoms with E-state index >= 15 is 0 Å². The van der Waals surface area contributed by atoms with Gasteiger partial charge in [0, 0.05) is 16.8 Å². The summed E-state index contributed by atoms with van der Waals surface area (Å²) in [5.41, 5.74) is 1.55. The van der Waals surface area contributed by atoms with Crippen molar-refractivity contribution >= 4 is 33.3 Å². The van der Waals surface area contributed by atoms with E-state index in [0.717, 1.165) is 5.56 Å². The average molecular weight is 276 g/mol. The highest BCUT2D eigenvalue weighted by Crippen LogP contribution is 2.31. The highest BCUT2D eigenvalue weighted by atomic mass is 79.9. The predicted octanol–water partition coefficient (Wildman–Crippen LogP) is 3.20. The zero-order chi connectivity index (χ0) is 10.1. The van der Waals surface area contributed by atoms with Crippen LogP contribution in [0, 0.1) is 0 Å². The van der Waals surface area contributed by atoms with Gasteiger partial charge in [0.15, 0.2) is 5.78 Å². The molecule has 1 aromatic carbocycles. The molecule has 1 aliphatic heterocycles. The Bertz CT molecular complexity index is 390. The highest BCUT2D eigenvalue weighted by Gasteiger charge is 2.19. The number of Topliss-reactive ketones (excluding diaryl/α,β-unsaturated/α-hetero) is 1. The summed E-state index contributed by atoms with van der Waals surface area (Å²) in [6.45, 7) is 0.467. The molecule has 2 nitrogen and oxygen atoms in total. The number of ketones is 1. The summed E-state index contributed by atoms with van der Waals surface area (Å²) >= 11 is 9.32. The Balaban J connectivity index is 2.54. The van der Waals surface area contributed by atoms with E-state index in [-0.39, 0.29) is 5.78 Å². The van der Waals surface area contributed by atoms with E-state index in [4.69, 9.17) is 16.3 Å². The highest BCUT2D eigenvalue weighted by molar-refractivity contribution is 9.08. The van der Waals surface area contributed by atoms with E-state index < -0.39 is 0 Å². The van der Waals surface area contributed by atoms with Gasteiger partial charge in [0.05, 0.1) is 12.2 Å². The van der Waals surface area contributed by atoms with Crippen molar-refractivity contribution in [2.24, 2.45) is 0 Å². The van der Waals surface area contributed by atoms with Crippen LogP contribution in [0.15, 0.2) is 12.1 Å². The lowest BCUT2D eigenvalue weighted by Gasteiger charge is -2.17. The Hall–Kier alpha value is -0.540. The van der Waals surface area contributed by atoms with E-state index in [1.807, 2.05) is 6.07 Å². The van der Waals surface area contributed by atoms with Gasteiger partial charge in [-0.3, -0.25) is 4.79 Å². The summed E-state index contributed by atoms with van der Waals surface area (Å²) in [6.07, 6.45) is 0.441. The smallest absolute Gasteiger partial charge is 0.170 e. The maximum absolute atomic E-state index is 11.5. The van der Waals surface area contributed by atoms with Gasteiger partial charge in [-0.15, -0.1) is 0 Å². The fraction of sp³-hybridized carbons (Fsp3) is 0.300. The molecule has 14 heavy (non-hydrogen) atoms. The summed E-state index contributed by atoms with van der Waals surface area (Å²) in [4.78, 5) is 11.5. The minimum Gasteiger partial charge on any atom is -0.492 e. The van der Waals surface area contributed by atoms with Gasteiger partial charge < -0.3 is 4.74 Å². The quantitative estimate of drug-likeness (QED) is 0.736. The number of benzene rings is 1. The lowest BCUT2D eigenvalue weighted by atomic mass is 10.0. The van der Waals surface area contributed by atoms with Crippen molar-refractivity contribution < 1.29 is 9.53 Å². The second-order valence-electron chi connectivity index (χ2n) is 3.10. The van der Waals surface area contributed by atoms with Crippen LogP contribution < -0.4 is 4.74 Å². The van der Waals surface area contributed by atoms with Crippen LogP contribution in [0.25, 0.3) is 0 Å². The van der Waals surface area contributed by atoms with Gasteiger partial charge in [0.1, 0.15) is 5.75 Å². The van der Waals surface area contributed by atoms with Crippen LogP contribution in [-0.2, 0) is 5.33 Å². The molecule has 0 radical (unpaired) electrons. The fourth-order valence-corrected chi connectivity index (χ4v) is 2.28. The summed E-state index contributed by atoms with van der Waals surface area (Å²) in [5.74, 6) is 0.759. The molecule has 74 valence electrons. The Kier molecular flexibility index (Phi) is 2.79. The molecule has 1 aromatic rings. The van der Waals surface area contributed by atoms with Crippen molar-refractivity contribution in [2.75, 3.05) is 6.61 Å². The molecule has 0 saturated carbocycles. The van der Waals surface area contributed by atoms with Crippen LogP contribution in [0.4, 0.5) is 0 Å². The summed E-state index contributed by atoms with van der Waals surface area (Å²) in [7, 11) is 0. The molecule has 0 spiro atoms. The molecule has 1 heterocycles. The lowest BCUT2D eigenvalue weighted by Crippen LogP contribution is -2.15. The van der Waals surface area contributed by atoms with Gasteiger partial charge >= 0.3 is 0 Å². The number of hydrogen-bond donors (Lipinski definition) is 0. The van der Waals surface area contributed by atoms with E-state index in [2.05, 4.69) is 15.9 Å². The lowest BCUT2D eigenvalue weighted by molar-refractivity contribution is 0.0933. The predicted molar refractivity (Wildman–Crippen MR) is 58.5 cm³/mol. The third-order valence-electron chi connectivity index (χ3n) is 2.18. The van der Waals surface area contributed by atoms with Gasteiger partial charge in [-0.25, -0.2) is 0 Å². The zero-order valence-electron chi connectivity index (χ0n) is 7.35. The molecule has 4 heteroatoms. The van der Waals surface area contributed by atoms with Crippen LogP contribution in [-0.4, -0.2) is 12.4 Å². The number of carbonyl (C=O) groups is 1. The molecule has 0 saturated heterocycles. The maximum atomic E-state index is 11.5. The fourth-order valence-electron chi connectivity index (χ4n) is 1.42. The molecule has 0 bridgehead atoms. The SMILES string of the molecule is O=C1CCOc2cc(CBr)c(Cl)cc21. The summed E-state index contributed by atoms with van der Waals surface area (Å²) in [6, 6.07) is 3.51. The van der Waals surface area contributed by atoms with Crippen molar-refractivity contribution in [2.45, 2.75) is 11.8 Å². The first-order valence-electron chi connectivity index (χ1n) is 4.26. The number of carbonyl (C=O) groups excluding carboxylic acids is 1. The van der Waals surface area contributed by atoms with Crippen molar-refractivity contribution in [3.05, 3.63) is 28.3 Å². The Morgan fingerprint density at radius 2 is 2.29 bits per heavy atom. The van der Waals surface area contributed by atoms with Crippen LogP contribution in [0.3, 0.4) is 0 Å². The molecular weight excluding hydrogens is 267 g/mol. The molecule has 0 aliphatic carbocycles. The molecular formula is C10H8BrClO2. The van der Waals surface area contributed by atoms with Gasteiger partial charge in [-0.05, 0) is 17.7 Å². The van der Waals surface area contributed by atoms with Crippen molar-refractivity contribution in [1.29, 1.82) is 0 Å². The monoisotopic (exact) mass is 274 g/mol. The third kappa shape index (κ3) is 1.66. The number of hydrogen-bond acceptors (Lipinski definition) is 2. The zero-order valence-corrected chi connectivity index (χ0v) is 9.69. The van der Waals surface area contributed by atoms with Crippen molar-refractivity contribution in [3.63, 3.8) is 0 Å². The minimum absolute atomic E-state index is 0.106. The third-order valence-corrected chi connectivity index (χ3v) is 3.14. The second kappa shape index (κ2) is 3.91. The molecule has 2 rings (SSSR count). The molecule has 1 aliphatic rings. The number of fused-ring (bicyclic) bond motifs is 1. The maximum Gasteiger partial charge on any atom is 0.170 e. The summed E-state index contributed by atoms with van der Waals surface area (Å²) in [5, 5.41) is 1.27. The van der Waals surface area contributed by atoms with Gasteiger partial charge in [-0.1, -0.05) is 27.5 Å². The van der Waals surface area contributed by atoms with Crippen LogP contribution in [0.5, 0.6) is 5.75 Å². The van der Waals surface area contributed by atoms with E-state index in [0.29, 0.717) is 34.7 Å². The van der Waals surface area contributed by atoms with E-state index in [1.165, 1.54) is 0 Å². The van der Waals surface area contributed by atoms with Crippen LogP contribution in [0.2, 0.25) is 5.02 Å². The topological polar surface area (TPSA) is 26.3 Å².